The van der Waals surface area contributed by atoms with Gasteiger partial charge in [-0.05, 0) is 56.4 Å². The number of halogens is 2. The molecule has 2 radical (unpaired) electrons. The molecule has 3 unspecified atom stereocenters. The molecular weight excluding hydrogens is 638 g/mol. The predicted molar refractivity (Wildman–Crippen MR) is 176 cm³/mol. The van der Waals surface area contributed by atoms with Gasteiger partial charge in [0.1, 0.15) is 5.15 Å². The van der Waals surface area contributed by atoms with E-state index in [1.165, 1.54) is 0 Å². The average molecular weight is 669 g/mol. The first-order chi connectivity index (χ1) is 21.2. The summed E-state index contributed by atoms with van der Waals surface area (Å²) >= 11 is 13.8. The molecule has 234 valence electrons. The van der Waals surface area contributed by atoms with Gasteiger partial charge in [-0.2, -0.15) is 5.10 Å². The van der Waals surface area contributed by atoms with Gasteiger partial charge >= 0.3 is 0 Å². The number of nitrogens with one attached hydrogen (secondary N) is 2. The molecule has 0 bridgehead atoms. The molecule has 4 aromatic rings. The topological polar surface area (TPSA) is 150 Å². The van der Waals surface area contributed by atoms with Gasteiger partial charge in [-0.15, -0.1) is 0 Å². The molecule has 2 aliphatic rings. The van der Waals surface area contributed by atoms with Crippen molar-refractivity contribution in [1.29, 1.82) is 0 Å². The van der Waals surface area contributed by atoms with Crippen LogP contribution in [0.3, 0.4) is 0 Å². The number of pyridine rings is 1. The summed E-state index contributed by atoms with van der Waals surface area (Å²) in [5.41, 5.74) is 3.70. The number of hydrogen-bond acceptors (Lipinski definition) is 10. The van der Waals surface area contributed by atoms with E-state index in [-0.39, 0.29) is 46.1 Å². The second-order valence-electron chi connectivity index (χ2n) is 11.7. The Labute approximate surface area is 274 Å². The molecule has 45 heavy (non-hydrogen) atoms. The number of anilines is 2. The molecular formula is C29H31BCl2N8O4S. The van der Waals surface area contributed by atoms with Gasteiger partial charge in [0.15, 0.2) is 13.5 Å². The molecule has 1 saturated heterocycles. The minimum absolute atomic E-state index is 0.0291. The zero-order chi connectivity index (χ0) is 32.5. The fourth-order valence-electron chi connectivity index (χ4n) is 6.46. The summed E-state index contributed by atoms with van der Waals surface area (Å²) in [5.74, 6) is -2.06. The first kappa shape index (κ1) is 31.7. The van der Waals surface area contributed by atoms with E-state index in [0.717, 1.165) is 27.8 Å². The summed E-state index contributed by atoms with van der Waals surface area (Å²) < 4.78 is 5.17. The molecule has 1 amide bonds. The monoisotopic (exact) mass is 668 g/mol. The first-order valence-electron chi connectivity index (χ1n) is 14.2. The Hall–Kier alpha value is -3.30. The fourth-order valence-corrected chi connectivity index (χ4v) is 7.14. The minimum atomic E-state index is -2.65. The third-order valence-corrected chi connectivity index (χ3v) is 9.68. The lowest BCUT2D eigenvalue weighted by molar-refractivity contribution is -0.161. The second kappa shape index (κ2) is 11.5. The normalized spacial score (nSPS) is 19.9. The van der Waals surface area contributed by atoms with Gasteiger partial charge < -0.3 is 20.4 Å². The van der Waals surface area contributed by atoms with E-state index in [1.54, 1.807) is 36.9 Å². The van der Waals surface area contributed by atoms with E-state index >= 15 is 0 Å². The molecule has 2 fully saturated rings. The summed E-state index contributed by atoms with van der Waals surface area (Å²) in [6.07, 6.45) is 1.74. The molecule has 0 spiro atoms. The van der Waals surface area contributed by atoms with Crippen LogP contribution in [-0.4, -0.2) is 67.6 Å². The van der Waals surface area contributed by atoms with Crippen molar-refractivity contribution in [3.05, 3.63) is 73.0 Å². The van der Waals surface area contributed by atoms with Gasteiger partial charge in [-0.3, -0.25) is 18.9 Å². The molecule has 1 aliphatic heterocycles. The lowest BCUT2D eigenvalue weighted by Crippen LogP contribution is -2.35. The van der Waals surface area contributed by atoms with E-state index in [9.17, 15) is 19.8 Å². The summed E-state index contributed by atoms with van der Waals surface area (Å²) in [7, 11) is 7.17. The van der Waals surface area contributed by atoms with Gasteiger partial charge in [0.05, 0.1) is 39.0 Å². The highest BCUT2D eigenvalue weighted by Gasteiger charge is 2.59. The summed E-state index contributed by atoms with van der Waals surface area (Å²) in [5, 5.41) is 28.5. The molecule has 6 rings (SSSR count). The van der Waals surface area contributed by atoms with Crippen LogP contribution in [0.15, 0.2) is 29.1 Å². The number of rotatable bonds is 8. The zero-order valence-corrected chi connectivity index (χ0v) is 27.5. The maximum Gasteiger partial charge on any atom is 0.281 e. The third kappa shape index (κ3) is 5.56. The van der Waals surface area contributed by atoms with Crippen LogP contribution in [0.4, 0.5) is 11.6 Å². The Kier molecular flexibility index (Phi) is 8.09. The highest BCUT2D eigenvalue weighted by Crippen LogP contribution is 2.59. The number of aromatic nitrogens is 5. The lowest BCUT2D eigenvalue weighted by Gasteiger charge is -2.25. The number of benzene rings is 1. The van der Waals surface area contributed by atoms with Gasteiger partial charge in [0, 0.05) is 37.9 Å². The van der Waals surface area contributed by atoms with Gasteiger partial charge in [0.2, 0.25) is 11.8 Å². The lowest BCUT2D eigenvalue weighted by atomic mass is 10.0. The van der Waals surface area contributed by atoms with E-state index in [0.29, 0.717) is 52.0 Å². The molecule has 4 N–H and O–H groups in total. The van der Waals surface area contributed by atoms with Crippen molar-refractivity contribution in [1.82, 2.24) is 29.0 Å². The largest absolute Gasteiger partial charge is 0.377 e. The van der Waals surface area contributed by atoms with Crippen molar-refractivity contribution in [3.63, 3.8) is 0 Å². The highest BCUT2D eigenvalue weighted by molar-refractivity contribution is 7.97. The fraction of sp³-hybridized carbons (Fsp3) is 0.414. The molecule has 3 atom stereocenters. The third-order valence-electron chi connectivity index (χ3n) is 8.61. The summed E-state index contributed by atoms with van der Waals surface area (Å²) in [6.45, 7) is 6.73. The Bertz CT molecular complexity index is 1900. The summed E-state index contributed by atoms with van der Waals surface area (Å²) in [4.78, 5) is 37.8. The van der Waals surface area contributed by atoms with Crippen molar-refractivity contribution >= 4 is 71.4 Å². The standard InChI is InChI=1S/C29H31BCl2N8O4S/c1-12-8-15(13(2)33-19-6-7-20(31)34-24(19)26(41)37-45-5)23-16(9-12)27(42)38(4)28(35-23)39-10-17-18(11-39)21(17)25-22(32)14(3)40(36-25)29(30,43)44/h6-9,13,17-18,21,33,43-44H,10-11H2,1-5H3,(H,37,41). The van der Waals surface area contributed by atoms with Crippen LogP contribution in [0.2, 0.25) is 10.2 Å². The van der Waals surface area contributed by atoms with Crippen LogP contribution in [0.25, 0.3) is 10.9 Å². The smallest absolute Gasteiger partial charge is 0.281 e. The second-order valence-corrected chi connectivity index (χ2v) is 13.1. The Balaban J connectivity index is 1.31. The van der Waals surface area contributed by atoms with E-state index < -0.39 is 5.81 Å². The van der Waals surface area contributed by atoms with Crippen molar-refractivity contribution in [2.75, 3.05) is 29.6 Å². The number of aryl methyl sites for hydroxylation is 1. The SMILES string of the molecule is [B]C(O)(O)n1nc(C2C3CN(c4nc5c(C(C)Nc6ccc(Cl)nc6C(=O)NSC)cc(C)cc5c(=O)n4C)CC32)c(Cl)c1C. The number of carbonyl (C=O) groups is 1. The molecule has 1 saturated carbocycles. The van der Waals surface area contributed by atoms with Crippen LogP contribution in [0, 0.1) is 25.7 Å². The van der Waals surface area contributed by atoms with Crippen LogP contribution in [-0.2, 0) is 12.9 Å². The van der Waals surface area contributed by atoms with Crippen LogP contribution in [0.5, 0.6) is 0 Å². The Morgan fingerprint density at radius 1 is 1.18 bits per heavy atom. The van der Waals surface area contributed by atoms with E-state index in [2.05, 4.69) is 25.0 Å². The molecule has 4 heterocycles. The van der Waals surface area contributed by atoms with E-state index in [4.69, 9.17) is 36.0 Å². The number of nitrogens with zero attached hydrogens (tertiary/aromatic N) is 6. The molecule has 3 aromatic heterocycles. The van der Waals surface area contributed by atoms with Crippen molar-refractivity contribution < 1.29 is 15.0 Å². The van der Waals surface area contributed by atoms with Crippen molar-refractivity contribution in [3.8, 4) is 0 Å². The minimum Gasteiger partial charge on any atom is -0.377 e. The summed E-state index contributed by atoms with van der Waals surface area (Å²) in [6, 6.07) is 6.78. The van der Waals surface area contributed by atoms with Gasteiger partial charge in [-0.25, -0.2) is 14.6 Å². The molecule has 12 nitrogen and oxygen atoms in total. The average Bonchev–Trinajstić information content (AvgIpc) is 3.28. The molecule has 1 aliphatic carbocycles. The van der Waals surface area contributed by atoms with Crippen LogP contribution < -0.4 is 20.5 Å². The van der Waals surface area contributed by atoms with E-state index in [1.807, 2.05) is 26.0 Å². The number of amides is 1. The van der Waals surface area contributed by atoms with Crippen LogP contribution in [0.1, 0.15) is 51.9 Å². The molecule has 1 aromatic carbocycles. The van der Waals surface area contributed by atoms with Crippen molar-refractivity contribution in [2.45, 2.75) is 38.5 Å². The number of aliphatic hydroxyl groups is 2. The molecule has 16 heteroatoms. The predicted octanol–water partition coefficient (Wildman–Crippen LogP) is 3.20. The van der Waals surface area contributed by atoms with Gasteiger partial charge in [-0.1, -0.05) is 41.2 Å². The van der Waals surface area contributed by atoms with Crippen LogP contribution >= 0.6 is 35.1 Å². The maximum absolute atomic E-state index is 13.7. The number of hydrogen-bond donors (Lipinski definition) is 4. The quantitative estimate of drug-likeness (QED) is 0.0954. The van der Waals surface area contributed by atoms with Gasteiger partial charge in [0.25, 0.3) is 11.5 Å². The number of fused-ring (bicyclic) bond motifs is 2. The Morgan fingerprint density at radius 2 is 1.87 bits per heavy atom. The zero-order valence-electron chi connectivity index (χ0n) is 25.2. The van der Waals surface area contributed by atoms with Crippen molar-refractivity contribution in [2.24, 2.45) is 18.9 Å². The number of piperidine rings is 1. The Morgan fingerprint density at radius 3 is 2.49 bits per heavy atom. The highest BCUT2D eigenvalue weighted by atomic mass is 35.5. The number of carbonyl (C=O) groups excluding carboxylic acids is 1. The maximum atomic E-state index is 13.7. The first-order valence-corrected chi connectivity index (χ1v) is 16.2.